The van der Waals surface area contributed by atoms with Crippen LogP contribution in [0.5, 0.6) is 11.9 Å². The number of aromatic nitrogens is 2. The minimum Gasteiger partial charge on any atom is -1.00 e. The number of rotatable bonds is 6. The van der Waals surface area contributed by atoms with Crippen molar-refractivity contribution in [1.29, 1.82) is 0 Å². The van der Waals surface area contributed by atoms with Crippen molar-refractivity contribution in [1.82, 2.24) is 4.57 Å². The van der Waals surface area contributed by atoms with Crippen molar-refractivity contribution < 1.29 is 31.4 Å². The van der Waals surface area contributed by atoms with E-state index in [2.05, 4.69) is 13.8 Å². The first-order chi connectivity index (χ1) is 8.15. The summed E-state index contributed by atoms with van der Waals surface area (Å²) in [6.45, 7) is 5.02. The normalized spacial score (nSPS) is 11.8. The molecule has 1 aromatic rings. The lowest BCUT2D eigenvalue weighted by atomic mass is 10.2. The highest BCUT2D eigenvalue weighted by Gasteiger charge is 2.36. The van der Waals surface area contributed by atoms with Gasteiger partial charge >= 0.3 is 11.9 Å². The SMILES string of the molecule is CCC([SiH3])c1c(OC)n(CC)c(OC)[n+]1OC.[Cl-]. The quantitative estimate of drug-likeness (QED) is 0.407. The average Bonchev–Trinajstić information content (AvgIpc) is 2.69. The molecule has 0 radical (unpaired) electrons. The predicted octanol–water partition coefficient (Wildman–Crippen LogP) is -3.31. The van der Waals surface area contributed by atoms with E-state index in [1.54, 1.807) is 26.1 Å². The molecule has 106 valence electrons. The fourth-order valence-electron chi connectivity index (χ4n) is 1.99. The molecule has 1 heterocycles. The second-order valence-electron chi connectivity index (χ2n) is 3.91. The summed E-state index contributed by atoms with van der Waals surface area (Å²) in [4.78, 5) is 5.43. The first-order valence-electron chi connectivity index (χ1n) is 5.96. The summed E-state index contributed by atoms with van der Waals surface area (Å²) < 4.78 is 14.7. The van der Waals surface area contributed by atoms with Crippen LogP contribution in [0, 0.1) is 0 Å². The second-order valence-corrected chi connectivity index (χ2v) is 5.31. The van der Waals surface area contributed by atoms with E-state index < -0.39 is 0 Å². The van der Waals surface area contributed by atoms with Crippen molar-refractivity contribution in [2.75, 3.05) is 21.3 Å². The van der Waals surface area contributed by atoms with Crippen LogP contribution < -0.4 is 31.4 Å². The maximum Gasteiger partial charge on any atom is 0.499 e. The first-order valence-corrected chi connectivity index (χ1v) is 7.12. The highest BCUT2D eigenvalue weighted by molar-refractivity contribution is 6.12. The zero-order valence-corrected chi connectivity index (χ0v) is 14.7. The van der Waals surface area contributed by atoms with Gasteiger partial charge in [0.2, 0.25) is 5.69 Å². The Balaban J connectivity index is 0.00000289. The molecule has 0 fully saturated rings. The van der Waals surface area contributed by atoms with Crippen LogP contribution in [0.2, 0.25) is 0 Å². The van der Waals surface area contributed by atoms with Crippen LogP contribution >= 0.6 is 0 Å². The number of methoxy groups -OCH3 is 2. The summed E-state index contributed by atoms with van der Waals surface area (Å²) in [5.41, 5.74) is 1.55. The molecule has 0 aliphatic carbocycles. The van der Waals surface area contributed by atoms with Crippen LogP contribution in [-0.4, -0.2) is 36.1 Å². The lowest BCUT2D eigenvalue weighted by molar-refractivity contribution is -0.891. The van der Waals surface area contributed by atoms with E-state index >= 15 is 0 Å². The van der Waals surface area contributed by atoms with Crippen LogP contribution in [-0.2, 0) is 6.54 Å². The first kappa shape index (κ1) is 17.1. The molecule has 0 spiro atoms. The Labute approximate surface area is 118 Å². The summed E-state index contributed by atoms with van der Waals surface area (Å²) in [6.07, 6.45) is 1.07. The minimum absolute atomic E-state index is 0. The molecule has 0 aromatic carbocycles. The highest BCUT2D eigenvalue weighted by atomic mass is 35.5. The second kappa shape index (κ2) is 7.53. The van der Waals surface area contributed by atoms with Gasteiger partial charge in [0.1, 0.15) is 7.11 Å². The third-order valence-corrected chi connectivity index (χ3v) is 4.40. The summed E-state index contributed by atoms with van der Waals surface area (Å²) >= 11 is 0. The van der Waals surface area contributed by atoms with Gasteiger partial charge in [-0.05, 0) is 18.1 Å². The Morgan fingerprint density at radius 3 is 2.17 bits per heavy atom. The smallest absolute Gasteiger partial charge is 0.499 e. The molecule has 1 unspecified atom stereocenters. The monoisotopic (exact) mass is 294 g/mol. The van der Waals surface area contributed by atoms with Gasteiger partial charge in [-0.3, -0.25) is 0 Å². The van der Waals surface area contributed by atoms with E-state index in [-0.39, 0.29) is 12.4 Å². The van der Waals surface area contributed by atoms with Gasteiger partial charge in [0, 0.05) is 15.8 Å². The van der Waals surface area contributed by atoms with Crippen LogP contribution in [0.25, 0.3) is 0 Å². The van der Waals surface area contributed by atoms with Gasteiger partial charge in [-0.2, -0.15) is 4.57 Å². The number of imidazole rings is 1. The molecule has 0 bridgehead atoms. The topological polar surface area (TPSA) is 36.5 Å². The van der Waals surface area contributed by atoms with Crippen molar-refractivity contribution in [2.45, 2.75) is 32.4 Å². The Morgan fingerprint density at radius 1 is 1.22 bits per heavy atom. The largest absolute Gasteiger partial charge is 1.00 e. The van der Waals surface area contributed by atoms with Crippen molar-refractivity contribution >= 4 is 10.2 Å². The van der Waals surface area contributed by atoms with E-state index in [1.807, 2.05) is 4.57 Å². The van der Waals surface area contributed by atoms with Gasteiger partial charge < -0.3 is 26.7 Å². The maximum atomic E-state index is 5.52. The Hall–Kier alpha value is -0.883. The molecule has 0 amide bonds. The molecule has 7 heteroatoms. The van der Waals surface area contributed by atoms with E-state index in [0.29, 0.717) is 11.6 Å². The van der Waals surface area contributed by atoms with Crippen LogP contribution in [0.15, 0.2) is 0 Å². The maximum absolute atomic E-state index is 5.52. The molecule has 5 nitrogen and oxygen atoms in total. The fraction of sp³-hybridized carbons (Fsp3) is 0.727. The lowest BCUT2D eigenvalue weighted by Gasteiger charge is -2.06. The number of hydrogen-bond acceptors (Lipinski definition) is 3. The molecule has 1 rings (SSSR count). The molecular formula is C11H23ClN2O3Si. The van der Waals surface area contributed by atoms with E-state index in [1.165, 1.54) is 0 Å². The van der Waals surface area contributed by atoms with Crippen molar-refractivity contribution in [3.05, 3.63) is 5.69 Å². The van der Waals surface area contributed by atoms with Gasteiger partial charge in [-0.15, -0.1) is 0 Å². The van der Waals surface area contributed by atoms with Crippen LogP contribution in [0.3, 0.4) is 0 Å². The highest BCUT2D eigenvalue weighted by Crippen LogP contribution is 2.29. The number of hydrogen-bond donors (Lipinski definition) is 0. The van der Waals surface area contributed by atoms with E-state index in [4.69, 9.17) is 14.3 Å². The van der Waals surface area contributed by atoms with E-state index in [0.717, 1.165) is 34.8 Å². The number of halogens is 1. The van der Waals surface area contributed by atoms with Gasteiger partial charge in [0.25, 0.3) is 0 Å². The summed E-state index contributed by atoms with van der Waals surface area (Å²) in [5.74, 6) is 0.841. The van der Waals surface area contributed by atoms with Crippen molar-refractivity contribution in [3.63, 3.8) is 0 Å². The molecule has 0 N–H and O–H groups in total. The van der Waals surface area contributed by atoms with Crippen molar-refractivity contribution in [3.8, 4) is 11.9 Å². The summed E-state index contributed by atoms with van der Waals surface area (Å²) in [6, 6.07) is 0.677. The summed E-state index contributed by atoms with van der Waals surface area (Å²) in [5, 5.41) is 0. The fourth-order valence-corrected chi connectivity index (χ4v) is 2.47. The zero-order valence-electron chi connectivity index (χ0n) is 12.0. The Bertz CT molecular complexity index is 355. The molecule has 1 aromatic heterocycles. The molecule has 18 heavy (non-hydrogen) atoms. The van der Waals surface area contributed by atoms with E-state index in [9.17, 15) is 0 Å². The standard InChI is InChI=1S/C11H23N2O3Si.ClH/c1-6-8(17)9-10(14-3)12(7-2)11(15-4)13(9)16-5;/h8H,6-7H2,1-5,17H3;1H/q+1;/p-1. The summed E-state index contributed by atoms with van der Waals surface area (Å²) in [7, 11) is 6.03. The van der Waals surface area contributed by atoms with Crippen LogP contribution in [0.1, 0.15) is 31.5 Å². The number of nitrogens with zero attached hydrogens (tertiary/aromatic N) is 2. The number of ether oxygens (including phenoxy) is 2. The molecular weight excluding hydrogens is 272 g/mol. The van der Waals surface area contributed by atoms with Gasteiger partial charge in [-0.1, -0.05) is 6.92 Å². The minimum atomic E-state index is 0. The van der Waals surface area contributed by atoms with Gasteiger partial charge in [-0.25, -0.2) is 0 Å². The third kappa shape index (κ3) is 2.75. The Morgan fingerprint density at radius 2 is 1.83 bits per heavy atom. The molecule has 0 aliphatic heterocycles. The molecule has 0 saturated carbocycles. The van der Waals surface area contributed by atoms with Crippen LogP contribution in [0.4, 0.5) is 0 Å². The molecule has 0 aliphatic rings. The third-order valence-electron chi connectivity index (χ3n) is 3.04. The zero-order chi connectivity index (χ0) is 13.0. The lowest BCUT2D eigenvalue weighted by Crippen LogP contribution is -3.00. The van der Waals surface area contributed by atoms with Gasteiger partial charge in [0.15, 0.2) is 0 Å². The average molecular weight is 295 g/mol. The van der Waals surface area contributed by atoms with Gasteiger partial charge in [0.05, 0.1) is 20.8 Å². The molecule has 0 saturated heterocycles. The Kier molecular flexibility index (Phi) is 7.16. The van der Waals surface area contributed by atoms with Crippen molar-refractivity contribution in [2.24, 2.45) is 0 Å². The molecule has 1 atom stereocenters. The predicted molar refractivity (Wildman–Crippen MR) is 68.9 cm³/mol.